The smallest absolute Gasteiger partial charge is 0.357 e. The number of aromatic amines is 1. The summed E-state index contributed by atoms with van der Waals surface area (Å²) in [6, 6.07) is 6.61. The Bertz CT molecular complexity index is 756. The molecule has 0 bridgehead atoms. The third kappa shape index (κ3) is 2.86. The molecule has 1 aliphatic rings. The van der Waals surface area contributed by atoms with Crippen LogP contribution in [0, 0.1) is 0 Å². The molecule has 1 aliphatic heterocycles. The number of rotatable bonds is 2. The van der Waals surface area contributed by atoms with Gasteiger partial charge in [0.15, 0.2) is 0 Å². The largest absolute Gasteiger partial charge is 0.416 e. The van der Waals surface area contributed by atoms with E-state index in [9.17, 15) is 22.8 Å². The maximum absolute atomic E-state index is 13.3. The number of H-pyrrole nitrogens is 1. The van der Waals surface area contributed by atoms with Gasteiger partial charge in [-0.1, -0.05) is 18.2 Å². The zero-order valence-corrected chi connectivity index (χ0v) is 12.4. The summed E-state index contributed by atoms with van der Waals surface area (Å²) in [5.74, 6) is -1.14. The maximum Gasteiger partial charge on any atom is 0.416 e. The molecule has 2 amide bonds. The Labute approximate surface area is 135 Å². The van der Waals surface area contributed by atoms with Crippen LogP contribution < -0.4 is 5.32 Å². The Morgan fingerprint density at radius 2 is 1.92 bits per heavy atom. The van der Waals surface area contributed by atoms with E-state index in [0.29, 0.717) is 0 Å². The molecular weight excluding hydrogens is 323 g/mol. The van der Waals surface area contributed by atoms with Crippen LogP contribution in [0.2, 0.25) is 0 Å². The Balaban J connectivity index is 2.06. The standard InChI is InChI=1S/C16H14F3N3O2/c17-16(18,19)11-5-2-1-4-10(11)13-14(23)21-8-9-22(13)15(24)12-6-3-7-20-12/h1-7,13,20H,8-9H2,(H,21,23). The summed E-state index contributed by atoms with van der Waals surface area (Å²) < 4.78 is 39.9. The number of aromatic nitrogens is 1. The number of nitrogens with zero attached hydrogens (tertiary/aromatic N) is 1. The summed E-state index contributed by atoms with van der Waals surface area (Å²) >= 11 is 0. The molecule has 0 saturated carbocycles. The zero-order chi connectivity index (χ0) is 17.3. The van der Waals surface area contributed by atoms with Crippen LogP contribution >= 0.6 is 0 Å². The molecule has 0 aliphatic carbocycles. The van der Waals surface area contributed by atoms with Gasteiger partial charge in [-0.05, 0) is 23.8 Å². The van der Waals surface area contributed by atoms with Gasteiger partial charge in [0.2, 0.25) is 5.91 Å². The van der Waals surface area contributed by atoms with Crippen molar-refractivity contribution >= 4 is 11.8 Å². The summed E-state index contributed by atoms with van der Waals surface area (Å²) in [5.41, 5.74) is -0.933. The normalized spacial score (nSPS) is 18.4. The lowest BCUT2D eigenvalue weighted by atomic mass is 9.96. The van der Waals surface area contributed by atoms with Crippen molar-refractivity contribution in [1.82, 2.24) is 15.2 Å². The lowest BCUT2D eigenvalue weighted by Gasteiger charge is -2.36. The Morgan fingerprint density at radius 3 is 2.58 bits per heavy atom. The van der Waals surface area contributed by atoms with E-state index in [4.69, 9.17) is 0 Å². The number of nitrogens with one attached hydrogen (secondary N) is 2. The van der Waals surface area contributed by atoms with Crippen LogP contribution in [0.5, 0.6) is 0 Å². The van der Waals surface area contributed by atoms with Crippen molar-refractivity contribution in [2.24, 2.45) is 0 Å². The summed E-state index contributed by atoms with van der Waals surface area (Å²) in [6.45, 7) is 0.316. The molecule has 1 atom stereocenters. The quantitative estimate of drug-likeness (QED) is 0.883. The van der Waals surface area contributed by atoms with Gasteiger partial charge in [0, 0.05) is 19.3 Å². The SMILES string of the molecule is O=C1NCCN(C(=O)c2ccc[nH]2)C1c1ccccc1C(F)(F)F. The molecule has 24 heavy (non-hydrogen) atoms. The molecule has 126 valence electrons. The number of alkyl halides is 3. The van der Waals surface area contributed by atoms with Crippen molar-refractivity contribution < 1.29 is 22.8 Å². The van der Waals surface area contributed by atoms with Crippen LogP contribution in [-0.4, -0.2) is 34.8 Å². The zero-order valence-electron chi connectivity index (χ0n) is 12.4. The lowest BCUT2D eigenvalue weighted by Crippen LogP contribution is -2.52. The second-order valence-corrected chi connectivity index (χ2v) is 5.36. The van der Waals surface area contributed by atoms with Gasteiger partial charge >= 0.3 is 6.18 Å². The van der Waals surface area contributed by atoms with Gasteiger partial charge < -0.3 is 15.2 Å². The molecule has 1 aromatic carbocycles. The molecule has 2 heterocycles. The first-order chi connectivity index (χ1) is 11.4. The Kier molecular flexibility index (Phi) is 4.04. The first-order valence-electron chi connectivity index (χ1n) is 7.28. The van der Waals surface area contributed by atoms with Crippen LogP contribution in [0.25, 0.3) is 0 Å². The molecular formula is C16H14F3N3O2. The van der Waals surface area contributed by atoms with E-state index in [1.54, 1.807) is 6.07 Å². The van der Waals surface area contributed by atoms with Crippen LogP contribution in [0.1, 0.15) is 27.7 Å². The van der Waals surface area contributed by atoms with Crippen LogP contribution in [0.15, 0.2) is 42.6 Å². The number of carbonyl (C=O) groups is 2. The second-order valence-electron chi connectivity index (χ2n) is 5.36. The highest BCUT2D eigenvalue weighted by atomic mass is 19.4. The number of piperazine rings is 1. The Hall–Kier alpha value is -2.77. The lowest BCUT2D eigenvalue weighted by molar-refractivity contribution is -0.139. The van der Waals surface area contributed by atoms with Gasteiger partial charge in [0.05, 0.1) is 5.56 Å². The average Bonchev–Trinajstić information content (AvgIpc) is 3.07. The first kappa shape index (κ1) is 16.1. The number of amides is 2. The van der Waals surface area contributed by atoms with Crippen molar-refractivity contribution in [2.45, 2.75) is 12.2 Å². The minimum absolute atomic E-state index is 0.125. The summed E-state index contributed by atoms with van der Waals surface area (Å²) in [4.78, 5) is 28.7. The maximum atomic E-state index is 13.3. The second kappa shape index (κ2) is 6.03. The monoisotopic (exact) mass is 337 g/mol. The molecule has 2 aromatic rings. The van der Waals surface area contributed by atoms with Crippen molar-refractivity contribution in [3.05, 3.63) is 59.4 Å². The highest BCUT2D eigenvalue weighted by molar-refractivity contribution is 5.97. The number of hydrogen-bond acceptors (Lipinski definition) is 2. The van der Waals surface area contributed by atoms with Gasteiger partial charge in [-0.2, -0.15) is 13.2 Å². The van der Waals surface area contributed by atoms with E-state index >= 15 is 0 Å². The minimum atomic E-state index is -4.62. The minimum Gasteiger partial charge on any atom is -0.357 e. The molecule has 8 heteroatoms. The molecule has 5 nitrogen and oxygen atoms in total. The van der Waals surface area contributed by atoms with Gasteiger partial charge in [-0.15, -0.1) is 0 Å². The number of halogens is 3. The molecule has 0 radical (unpaired) electrons. The summed E-state index contributed by atoms with van der Waals surface area (Å²) in [7, 11) is 0. The topological polar surface area (TPSA) is 65.2 Å². The molecule has 1 saturated heterocycles. The van der Waals surface area contributed by atoms with Crippen molar-refractivity contribution in [3.8, 4) is 0 Å². The van der Waals surface area contributed by atoms with Crippen LogP contribution in [0.3, 0.4) is 0 Å². The number of benzene rings is 1. The molecule has 1 fully saturated rings. The Morgan fingerprint density at radius 1 is 1.17 bits per heavy atom. The van der Waals surface area contributed by atoms with E-state index in [0.717, 1.165) is 11.0 Å². The van der Waals surface area contributed by atoms with E-state index in [2.05, 4.69) is 10.3 Å². The van der Waals surface area contributed by atoms with Crippen molar-refractivity contribution in [1.29, 1.82) is 0 Å². The van der Waals surface area contributed by atoms with Crippen LogP contribution in [-0.2, 0) is 11.0 Å². The van der Waals surface area contributed by atoms with Gasteiger partial charge in [0.25, 0.3) is 5.91 Å². The molecule has 1 unspecified atom stereocenters. The van der Waals surface area contributed by atoms with Crippen molar-refractivity contribution in [2.75, 3.05) is 13.1 Å². The van der Waals surface area contributed by atoms with E-state index in [-0.39, 0.29) is 24.3 Å². The van der Waals surface area contributed by atoms with E-state index < -0.39 is 29.6 Å². The average molecular weight is 337 g/mol. The van der Waals surface area contributed by atoms with E-state index in [1.165, 1.54) is 30.5 Å². The summed E-state index contributed by atoms with van der Waals surface area (Å²) in [6.07, 6.45) is -3.08. The van der Waals surface area contributed by atoms with Crippen molar-refractivity contribution in [3.63, 3.8) is 0 Å². The number of carbonyl (C=O) groups excluding carboxylic acids is 2. The highest BCUT2D eigenvalue weighted by Gasteiger charge is 2.41. The molecule has 1 aromatic heterocycles. The molecule has 3 rings (SSSR count). The summed E-state index contributed by atoms with van der Waals surface area (Å²) in [5, 5.41) is 2.53. The fourth-order valence-electron chi connectivity index (χ4n) is 2.81. The predicted octanol–water partition coefficient (Wildman–Crippen LogP) is 2.35. The molecule has 2 N–H and O–H groups in total. The fourth-order valence-corrected chi connectivity index (χ4v) is 2.81. The highest BCUT2D eigenvalue weighted by Crippen LogP contribution is 2.37. The first-order valence-corrected chi connectivity index (χ1v) is 7.28. The van der Waals surface area contributed by atoms with E-state index in [1.807, 2.05) is 0 Å². The third-order valence-electron chi connectivity index (χ3n) is 3.86. The predicted molar refractivity (Wildman–Crippen MR) is 79.0 cm³/mol. The third-order valence-corrected chi connectivity index (χ3v) is 3.86. The van der Waals surface area contributed by atoms with Gasteiger partial charge in [0.1, 0.15) is 11.7 Å². The van der Waals surface area contributed by atoms with Gasteiger partial charge in [-0.25, -0.2) is 0 Å². The number of hydrogen-bond donors (Lipinski definition) is 2. The fraction of sp³-hybridized carbons (Fsp3) is 0.250. The van der Waals surface area contributed by atoms with Gasteiger partial charge in [-0.3, -0.25) is 9.59 Å². The molecule has 0 spiro atoms. The van der Waals surface area contributed by atoms with Crippen LogP contribution in [0.4, 0.5) is 13.2 Å².